The van der Waals surface area contributed by atoms with Gasteiger partial charge in [-0.2, -0.15) is 0 Å². The van der Waals surface area contributed by atoms with Gasteiger partial charge >= 0.3 is 0 Å². The molecule has 7 heteroatoms. The third kappa shape index (κ3) is 4.36. The van der Waals surface area contributed by atoms with E-state index in [4.69, 9.17) is 4.74 Å². The molecule has 0 radical (unpaired) electrons. The fourth-order valence-electron chi connectivity index (χ4n) is 3.33. The second-order valence-corrected chi connectivity index (χ2v) is 9.62. The molecule has 1 aliphatic rings. The van der Waals surface area contributed by atoms with Crippen molar-refractivity contribution in [2.24, 2.45) is 0 Å². The lowest BCUT2D eigenvalue weighted by molar-refractivity contribution is 0.0734. The zero-order chi connectivity index (χ0) is 20.5. The van der Waals surface area contributed by atoms with Gasteiger partial charge in [0.15, 0.2) is 0 Å². The van der Waals surface area contributed by atoms with Crippen LogP contribution in [0.5, 0.6) is 5.75 Å². The Hall–Kier alpha value is -2.38. The van der Waals surface area contributed by atoms with E-state index in [0.717, 1.165) is 12.0 Å². The number of nitrogens with zero attached hydrogens (tertiary/aromatic N) is 1. The molecule has 150 valence electrons. The number of ether oxygens (including phenoxy) is 1. The summed E-state index contributed by atoms with van der Waals surface area (Å²) in [7, 11) is -2.43. The zero-order valence-corrected chi connectivity index (χ0v) is 17.5. The highest BCUT2D eigenvalue weighted by Crippen LogP contribution is 2.28. The predicted octanol–water partition coefficient (Wildman–Crippen LogP) is 2.97. The van der Waals surface area contributed by atoms with E-state index in [1.807, 2.05) is 18.2 Å². The monoisotopic (exact) mass is 402 g/mol. The minimum absolute atomic E-state index is 0.0341. The Morgan fingerprint density at radius 2 is 1.79 bits per heavy atom. The molecule has 0 atom stereocenters. The maximum atomic E-state index is 13.0. The Kier molecular flexibility index (Phi) is 5.50. The first-order chi connectivity index (χ1) is 13.1. The first kappa shape index (κ1) is 20.4. The van der Waals surface area contributed by atoms with Crippen LogP contribution in [0, 0.1) is 0 Å². The van der Waals surface area contributed by atoms with Crippen molar-refractivity contribution in [3.8, 4) is 5.75 Å². The first-order valence-corrected chi connectivity index (χ1v) is 10.7. The molecule has 0 bridgehead atoms. The van der Waals surface area contributed by atoms with E-state index in [1.54, 1.807) is 31.7 Å². The molecule has 28 heavy (non-hydrogen) atoms. The Bertz CT molecular complexity index is 994. The summed E-state index contributed by atoms with van der Waals surface area (Å²) in [6.07, 6.45) is 0.787. The van der Waals surface area contributed by atoms with Crippen molar-refractivity contribution < 1.29 is 17.9 Å². The maximum Gasteiger partial charge on any atom is 0.254 e. The Morgan fingerprint density at radius 1 is 1.11 bits per heavy atom. The minimum atomic E-state index is -3.84. The van der Waals surface area contributed by atoms with Crippen LogP contribution in [0.2, 0.25) is 0 Å². The van der Waals surface area contributed by atoms with Gasteiger partial charge in [0.1, 0.15) is 10.6 Å². The van der Waals surface area contributed by atoms with Gasteiger partial charge in [-0.3, -0.25) is 4.79 Å². The van der Waals surface area contributed by atoms with Crippen molar-refractivity contribution in [1.29, 1.82) is 0 Å². The van der Waals surface area contributed by atoms with Gasteiger partial charge in [-0.25, -0.2) is 13.1 Å². The van der Waals surface area contributed by atoms with Gasteiger partial charge in [-0.1, -0.05) is 24.3 Å². The van der Waals surface area contributed by atoms with Crippen LogP contribution in [0.3, 0.4) is 0 Å². The van der Waals surface area contributed by atoms with Crippen LogP contribution in [-0.2, 0) is 23.0 Å². The van der Waals surface area contributed by atoms with E-state index in [0.29, 0.717) is 18.7 Å². The number of fused-ring (bicyclic) bond motifs is 1. The average molecular weight is 403 g/mol. The van der Waals surface area contributed by atoms with E-state index in [1.165, 1.54) is 24.8 Å². The van der Waals surface area contributed by atoms with E-state index in [2.05, 4.69) is 10.8 Å². The lowest BCUT2D eigenvalue weighted by Gasteiger charge is -2.29. The number of carbonyl (C=O) groups is 1. The summed E-state index contributed by atoms with van der Waals surface area (Å²) in [6, 6.07) is 12.6. The standard InChI is InChI=1S/C21H26N2O4S/c1-21(2,3)22-28(25,26)19-13-16(9-10-18(19)27-4)20(24)23-12-11-15-7-5-6-8-17(15)14-23/h5-10,13,22H,11-12,14H2,1-4H3. The topological polar surface area (TPSA) is 75.7 Å². The quantitative estimate of drug-likeness (QED) is 0.853. The van der Waals surface area contributed by atoms with Gasteiger partial charge in [-0.05, 0) is 56.5 Å². The van der Waals surface area contributed by atoms with E-state index in [9.17, 15) is 13.2 Å². The predicted molar refractivity (Wildman–Crippen MR) is 108 cm³/mol. The van der Waals surface area contributed by atoms with Gasteiger partial charge in [0, 0.05) is 24.2 Å². The van der Waals surface area contributed by atoms with E-state index >= 15 is 0 Å². The largest absolute Gasteiger partial charge is 0.495 e. The summed E-state index contributed by atoms with van der Waals surface area (Å²) in [5.41, 5.74) is 2.05. The summed E-state index contributed by atoms with van der Waals surface area (Å²) >= 11 is 0. The van der Waals surface area contributed by atoms with Crippen LogP contribution >= 0.6 is 0 Å². The molecular weight excluding hydrogens is 376 g/mol. The molecule has 6 nitrogen and oxygen atoms in total. The fourth-order valence-corrected chi connectivity index (χ4v) is 4.94. The van der Waals surface area contributed by atoms with Crippen LogP contribution < -0.4 is 9.46 Å². The number of sulfonamides is 1. The average Bonchev–Trinajstić information content (AvgIpc) is 2.64. The lowest BCUT2D eigenvalue weighted by atomic mass is 9.99. The third-order valence-electron chi connectivity index (χ3n) is 4.56. The Balaban J connectivity index is 1.92. The van der Waals surface area contributed by atoms with Crippen molar-refractivity contribution in [3.05, 3.63) is 59.2 Å². The van der Waals surface area contributed by atoms with Crippen molar-refractivity contribution >= 4 is 15.9 Å². The van der Waals surface area contributed by atoms with Crippen LogP contribution in [0.25, 0.3) is 0 Å². The van der Waals surface area contributed by atoms with Crippen LogP contribution in [0.15, 0.2) is 47.4 Å². The first-order valence-electron chi connectivity index (χ1n) is 9.19. The smallest absolute Gasteiger partial charge is 0.254 e. The highest BCUT2D eigenvalue weighted by molar-refractivity contribution is 7.89. The Labute approximate surface area is 166 Å². The molecule has 0 aromatic heterocycles. The number of carbonyl (C=O) groups excluding carboxylic acids is 1. The van der Waals surface area contributed by atoms with Crippen molar-refractivity contribution in [3.63, 3.8) is 0 Å². The number of rotatable bonds is 4. The van der Waals surface area contributed by atoms with Gasteiger partial charge in [0.05, 0.1) is 7.11 Å². The molecule has 1 N–H and O–H groups in total. The molecule has 2 aromatic carbocycles. The van der Waals surface area contributed by atoms with Crippen LogP contribution in [0.1, 0.15) is 42.3 Å². The number of benzene rings is 2. The van der Waals surface area contributed by atoms with Crippen molar-refractivity contribution in [2.45, 2.75) is 44.2 Å². The molecule has 0 fully saturated rings. The molecule has 0 spiro atoms. The zero-order valence-electron chi connectivity index (χ0n) is 16.7. The van der Waals surface area contributed by atoms with Gasteiger partial charge in [0.2, 0.25) is 10.0 Å². The van der Waals surface area contributed by atoms with E-state index in [-0.39, 0.29) is 16.6 Å². The lowest BCUT2D eigenvalue weighted by Crippen LogP contribution is -2.40. The fraction of sp³-hybridized carbons (Fsp3) is 0.381. The summed E-state index contributed by atoms with van der Waals surface area (Å²) in [5.74, 6) is 0.0154. The van der Waals surface area contributed by atoms with Crippen LogP contribution in [0.4, 0.5) is 0 Å². The minimum Gasteiger partial charge on any atom is -0.495 e. The Morgan fingerprint density at radius 3 is 2.43 bits per heavy atom. The molecule has 1 heterocycles. The summed E-state index contributed by atoms with van der Waals surface area (Å²) in [6.45, 7) is 6.40. The van der Waals surface area contributed by atoms with E-state index < -0.39 is 15.6 Å². The van der Waals surface area contributed by atoms with Crippen molar-refractivity contribution in [2.75, 3.05) is 13.7 Å². The second-order valence-electron chi connectivity index (χ2n) is 7.97. The van der Waals surface area contributed by atoms with Crippen molar-refractivity contribution in [1.82, 2.24) is 9.62 Å². The molecule has 0 saturated carbocycles. The number of hydrogen-bond acceptors (Lipinski definition) is 4. The van der Waals surface area contributed by atoms with Gasteiger partial charge in [-0.15, -0.1) is 0 Å². The molecule has 0 aliphatic carbocycles. The third-order valence-corrected chi connectivity index (χ3v) is 6.34. The summed E-state index contributed by atoms with van der Waals surface area (Å²) < 4.78 is 33.5. The molecular formula is C21H26N2O4S. The number of hydrogen-bond donors (Lipinski definition) is 1. The number of methoxy groups -OCH3 is 1. The normalized spacial score (nSPS) is 14.5. The highest BCUT2D eigenvalue weighted by Gasteiger charge is 2.28. The summed E-state index contributed by atoms with van der Waals surface area (Å²) in [4.78, 5) is 14.8. The molecule has 1 aliphatic heterocycles. The molecule has 3 rings (SSSR count). The highest BCUT2D eigenvalue weighted by atomic mass is 32.2. The molecule has 1 amide bonds. The molecule has 0 unspecified atom stereocenters. The number of amides is 1. The maximum absolute atomic E-state index is 13.0. The second kappa shape index (κ2) is 7.56. The van der Waals surface area contributed by atoms with Gasteiger partial charge < -0.3 is 9.64 Å². The van der Waals surface area contributed by atoms with Gasteiger partial charge in [0.25, 0.3) is 5.91 Å². The molecule has 0 saturated heterocycles. The number of nitrogens with one attached hydrogen (secondary N) is 1. The SMILES string of the molecule is COc1ccc(C(=O)N2CCc3ccccc3C2)cc1S(=O)(=O)NC(C)(C)C. The molecule has 2 aromatic rings. The summed E-state index contributed by atoms with van der Waals surface area (Å²) in [5, 5.41) is 0. The van der Waals surface area contributed by atoms with Crippen LogP contribution in [-0.4, -0.2) is 38.4 Å².